The highest BCUT2D eigenvalue weighted by Crippen LogP contribution is 2.35. The first-order valence-electron chi connectivity index (χ1n) is 4.82. The summed E-state index contributed by atoms with van der Waals surface area (Å²) < 4.78 is 2.49. The highest BCUT2D eigenvalue weighted by Gasteiger charge is 2.32. The van der Waals surface area contributed by atoms with Crippen LogP contribution in [0.4, 0.5) is 0 Å². The van der Waals surface area contributed by atoms with Gasteiger partial charge in [0.05, 0.1) is 0 Å². The number of hydrogen-bond acceptors (Lipinski definition) is 1. The summed E-state index contributed by atoms with van der Waals surface area (Å²) in [6.07, 6.45) is 2.71. The molecule has 12 heavy (non-hydrogen) atoms. The molecule has 0 aromatic carbocycles. The molecule has 0 radical (unpaired) electrons. The molecule has 0 N–H and O–H groups in total. The summed E-state index contributed by atoms with van der Waals surface area (Å²) in [5.74, 6) is 0.890. The van der Waals surface area contributed by atoms with Crippen LogP contribution >= 0.6 is 22.9 Å². The molecule has 1 saturated heterocycles. The molecule has 1 aliphatic rings. The molecular formula is C10H20IN. The van der Waals surface area contributed by atoms with Gasteiger partial charge < -0.3 is 0 Å². The van der Waals surface area contributed by atoms with Crippen LogP contribution in [0.3, 0.4) is 0 Å². The summed E-state index contributed by atoms with van der Waals surface area (Å²) in [4.78, 5) is 0. The van der Waals surface area contributed by atoms with Crippen LogP contribution < -0.4 is 0 Å². The summed E-state index contributed by atoms with van der Waals surface area (Å²) in [7, 11) is 0. The third-order valence-electron chi connectivity index (χ3n) is 2.64. The molecule has 72 valence electrons. The Hall–Kier alpha value is 0.690. The van der Waals surface area contributed by atoms with Gasteiger partial charge in [-0.2, -0.15) is 0 Å². The molecule has 0 bridgehead atoms. The van der Waals surface area contributed by atoms with Gasteiger partial charge in [0.1, 0.15) is 0 Å². The van der Waals surface area contributed by atoms with E-state index >= 15 is 0 Å². The van der Waals surface area contributed by atoms with Crippen molar-refractivity contribution in [1.29, 1.82) is 0 Å². The van der Waals surface area contributed by atoms with Crippen LogP contribution in [0.1, 0.15) is 40.5 Å². The minimum absolute atomic E-state index is 0.479. The van der Waals surface area contributed by atoms with Crippen LogP contribution in [0.15, 0.2) is 0 Å². The Bertz CT molecular complexity index is 140. The van der Waals surface area contributed by atoms with E-state index in [0.717, 1.165) is 12.0 Å². The van der Waals surface area contributed by atoms with Crippen molar-refractivity contribution >= 4 is 22.9 Å². The average Bonchev–Trinajstić information content (AvgIpc) is 2.16. The van der Waals surface area contributed by atoms with Crippen LogP contribution in [-0.2, 0) is 0 Å². The molecule has 2 atom stereocenters. The minimum atomic E-state index is 0.479. The molecular weight excluding hydrogens is 261 g/mol. The Morgan fingerprint density at radius 2 is 2.00 bits per heavy atom. The van der Waals surface area contributed by atoms with Gasteiger partial charge in [0.15, 0.2) is 0 Å². The molecule has 0 aromatic rings. The molecule has 1 aliphatic heterocycles. The van der Waals surface area contributed by atoms with Crippen molar-refractivity contribution in [2.75, 3.05) is 6.54 Å². The lowest BCUT2D eigenvalue weighted by atomic mass is 9.84. The first-order chi connectivity index (χ1) is 5.40. The minimum Gasteiger partial charge on any atom is -0.244 e. The smallest absolute Gasteiger partial charge is 0.0225 e. The molecule has 1 fully saturated rings. The van der Waals surface area contributed by atoms with Crippen molar-refractivity contribution in [3.63, 3.8) is 0 Å². The zero-order chi connectivity index (χ0) is 9.35. The van der Waals surface area contributed by atoms with E-state index in [2.05, 4.69) is 53.7 Å². The van der Waals surface area contributed by atoms with E-state index < -0.39 is 0 Å². The first kappa shape index (κ1) is 10.8. The molecule has 1 heterocycles. The van der Waals surface area contributed by atoms with Crippen molar-refractivity contribution < 1.29 is 0 Å². The van der Waals surface area contributed by atoms with Gasteiger partial charge in [-0.25, -0.2) is 3.11 Å². The van der Waals surface area contributed by atoms with Gasteiger partial charge in [0.25, 0.3) is 0 Å². The SMILES string of the molecule is C[C@@H]1CCN(I)[C@H]1CC(C)(C)C. The molecule has 2 heteroatoms. The van der Waals surface area contributed by atoms with Crippen LogP contribution in [-0.4, -0.2) is 15.7 Å². The Kier molecular flexibility index (Phi) is 3.43. The molecule has 0 spiro atoms. The van der Waals surface area contributed by atoms with E-state index in [-0.39, 0.29) is 0 Å². The third kappa shape index (κ3) is 2.87. The summed E-state index contributed by atoms with van der Waals surface area (Å²) in [5.41, 5.74) is 0.479. The number of nitrogens with zero attached hydrogens (tertiary/aromatic N) is 1. The lowest BCUT2D eigenvalue weighted by Gasteiger charge is -2.28. The van der Waals surface area contributed by atoms with Gasteiger partial charge in [-0.1, -0.05) is 27.7 Å². The lowest BCUT2D eigenvalue weighted by molar-refractivity contribution is 0.259. The van der Waals surface area contributed by atoms with Gasteiger partial charge in [-0.3, -0.25) is 0 Å². The summed E-state index contributed by atoms with van der Waals surface area (Å²) in [5, 5.41) is 0. The summed E-state index contributed by atoms with van der Waals surface area (Å²) in [6, 6.07) is 0.811. The Morgan fingerprint density at radius 3 is 2.33 bits per heavy atom. The first-order valence-corrected chi connectivity index (χ1v) is 5.79. The van der Waals surface area contributed by atoms with Gasteiger partial charge >= 0.3 is 0 Å². The Morgan fingerprint density at radius 1 is 1.42 bits per heavy atom. The summed E-state index contributed by atoms with van der Waals surface area (Å²) in [6.45, 7) is 10.7. The second-order valence-electron chi connectivity index (χ2n) is 5.22. The highest BCUT2D eigenvalue weighted by atomic mass is 127. The number of hydrogen-bond donors (Lipinski definition) is 0. The molecule has 0 saturated carbocycles. The predicted octanol–water partition coefficient (Wildman–Crippen LogP) is 3.48. The Labute approximate surface area is 90.4 Å². The van der Waals surface area contributed by atoms with Crippen molar-refractivity contribution in [1.82, 2.24) is 3.11 Å². The molecule has 0 amide bonds. The van der Waals surface area contributed by atoms with Gasteiger partial charge in [-0.15, -0.1) is 0 Å². The second-order valence-corrected chi connectivity index (χ2v) is 6.46. The fourth-order valence-corrected chi connectivity index (χ4v) is 2.91. The van der Waals surface area contributed by atoms with Crippen molar-refractivity contribution in [3.8, 4) is 0 Å². The van der Waals surface area contributed by atoms with E-state index in [1.54, 1.807) is 0 Å². The Balaban J connectivity index is 2.50. The van der Waals surface area contributed by atoms with Gasteiger partial charge in [0.2, 0.25) is 0 Å². The van der Waals surface area contributed by atoms with Crippen molar-refractivity contribution in [3.05, 3.63) is 0 Å². The summed E-state index contributed by atoms with van der Waals surface area (Å²) >= 11 is 2.48. The maximum Gasteiger partial charge on any atom is 0.0225 e. The highest BCUT2D eigenvalue weighted by molar-refractivity contribution is 14.1. The van der Waals surface area contributed by atoms with Crippen molar-refractivity contribution in [2.24, 2.45) is 11.3 Å². The zero-order valence-corrected chi connectivity index (χ0v) is 10.8. The second kappa shape index (κ2) is 3.82. The quantitative estimate of drug-likeness (QED) is 0.525. The number of halogens is 1. The molecule has 1 rings (SSSR count). The molecule has 0 unspecified atom stereocenters. The molecule has 1 nitrogen and oxygen atoms in total. The van der Waals surface area contributed by atoms with E-state index in [1.807, 2.05) is 0 Å². The van der Waals surface area contributed by atoms with Crippen LogP contribution in [0.5, 0.6) is 0 Å². The van der Waals surface area contributed by atoms with E-state index in [1.165, 1.54) is 19.4 Å². The monoisotopic (exact) mass is 281 g/mol. The fraction of sp³-hybridized carbons (Fsp3) is 1.00. The third-order valence-corrected chi connectivity index (χ3v) is 3.83. The lowest BCUT2D eigenvalue weighted by Crippen LogP contribution is -2.28. The van der Waals surface area contributed by atoms with E-state index in [4.69, 9.17) is 0 Å². The average molecular weight is 281 g/mol. The topological polar surface area (TPSA) is 3.24 Å². The van der Waals surface area contributed by atoms with Crippen LogP contribution in [0, 0.1) is 11.3 Å². The van der Waals surface area contributed by atoms with Crippen molar-refractivity contribution in [2.45, 2.75) is 46.6 Å². The fourth-order valence-electron chi connectivity index (χ4n) is 1.89. The predicted molar refractivity (Wildman–Crippen MR) is 62.4 cm³/mol. The maximum absolute atomic E-state index is 2.49. The van der Waals surface area contributed by atoms with Crippen LogP contribution in [0.25, 0.3) is 0 Å². The normalized spacial score (nSPS) is 32.8. The maximum atomic E-state index is 2.49. The molecule has 0 aromatic heterocycles. The van der Waals surface area contributed by atoms with Crippen LogP contribution in [0.2, 0.25) is 0 Å². The van der Waals surface area contributed by atoms with Gasteiger partial charge in [-0.05, 0) is 24.2 Å². The van der Waals surface area contributed by atoms with Gasteiger partial charge in [0, 0.05) is 35.5 Å². The largest absolute Gasteiger partial charge is 0.244 e. The van der Waals surface area contributed by atoms with E-state index in [9.17, 15) is 0 Å². The number of rotatable bonds is 1. The zero-order valence-electron chi connectivity index (χ0n) is 8.60. The van der Waals surface area contributed by atoms with E-state index in [0.29, 0.717) is 5.41 Å². The standard InChI is InChI=1S/C10H20IN/c1-8-5-6-12(11)9(8)7-10(2,3)4/h8-9H,5-7H2,1-4H3/t8-,9+/m1/s1. The molecule has 0 aliphatic carbocycles.